The van der Waals surface area contributed by atoms with Gasteiger partial charge in [0.05, 0.1) is 0 Å². The number of benzene rings is 1. The molecule has 154 valence electrons. The first kappa shape index (κ1) is 20.6. The summed E-state index contributed by atoms with van der Waals surface area (Å²) in [5.74, 6) is 0.334. The van der Waals surface area contributed by atoms with Crippen LogP contribution in [-0.4, -0.2) is 55.4 Å². The molecule has 2 aromatic rings. The first-order chi connectivity index (χ1) is 14.3. The number of aromatic amines is 1. The first-order valence-corrected chi connectivity index (χ1v) is 8.90. The molecule has 2 heterocycles. The van der Waals surface area contributed by atoms with E-state index in [1.807, 2.05) is 0 Å². The number of aliphatic imine (C=N–C) groups is 1. The number of H-pyrrole nitrogens is 1. The number of hydrogen-bond donors (Lipinski definition) is 5. The van der Waals surface area contributed by atoms with Crippen LogP contribution < -0.4 is 5.32 Å². The number of carboxylic acid groups (broad SMARTS) is 2. The van der Waals surface area contributed by atoms with Crippen LogP contribution in [-0.2, 0) is 9.59 Å². The van der Waals surface area contributed by atoms with Crippen LogP contribution in [0, 0.1) is 12.0 Å². The molecular weight excluding hydrogens is 392 g/mol. The summed E-state index contributed by atoms with van der Waals surface area (Å²) in [4.78, 5) is 42.4. The zero-order valence-electron chi connectivity index (χ0n) is 15.6. The maximum absolute atomic E-state index is 12.2. The van der Waals surface area contributed by atoms with Crippen LogP contribution in [0.2, 0.25) is 0 Å². The van der Waals surface area contributed by atoms with Gasteiger partial charge in [-0.25, -0.2) is 9.79 Å². The van der Waals surface area contributed by atoms with Crippen LogP contribution in [0.25, 0.3) is 0 Å². The van der Waals surface area contributed by atoms with E-state index < -0.39 is 30.1 Å². The van der Waals surface area contributed by atoms with Gasteiger partial charge in [-0.3, -0.25) is 14.5 Å². The number of fused-ring (bicyclic) bond motifs is 1. The second-order valence-corrected chi connectivity index (χ2v) is 6.42. The van der Waals surface area contributed by atoms with E-state index in [2.05, 4.69) is 27.3 Å². The third kappa shape index (κ3) is 4.84. The number of aromatic nitrogens is 1. The minimum atomic E-state index is -1.31. The Bertz CT molecular complexity index is 1050. The number of aliphatic carboxylic acids is 2. The second kappa shape index (κ2) is 8.93. The number of aliphatic hydroxyl groups is 1. The summed E-state index contributed by atoms with van der Waals surface area (Å²) in [6.45, 7) is 0. The largest absolute Gasteiger partial charge is 0.481 e. The van der Waals surface area contributed by atoms with Crippen molar-refractivity contribution in [2.75, 3.05) is 0 Å². The van der Waals surface area contributed by atoms with Crippen molar-refractivity contribution in [2.45, 2.75) is 25.1 Å². The Labute approximate surface area is 170 Å². The molecule has 0 bridgehead atoms. The van der Waals surface area contributed by atoms with Crippen molar-refractivity contribution >= 4 is 30.0 Å². The van der Waals surface area contributed by atoms with E-state index in [9.17, 15) is 19.5 Å². The molecule has 1 aliphatic heterocycles. The van der Waals surface area contributed by atoms with E-state index in [0.29, 0.717) is 16.9 Å². The zero-order valence-corrected chi connectivity index (χ0v) is 15.6. The number of carbonyl (C=O) groups is 3. The first-order valence-electron chi connectivity index (χ1n) is 8.90. The molecule has 0 saturated carbocycles. The second-order valence-electron chi connectivity index (χ2n) is 6.42. The molecule has 1 amide bonds. The topological polar surface area (TPSA) is 155 Å². The number of nitrogens with one attached hydrogen (secondary N) is 2. The summed E-state index contributed by atoms with van der Waals surface area (Å²) in [5, 5.41) is 30.4. The van der Waals surface area contributed by atoms with Gasteiger partial charge in [-0.2, -0.15) is 0 Å². The fraction of sp³-hybridized carbons (Fsp3) is 0.200. The van der Waals surface area contributed by atoms with Crippen molar-refractivity contribution in [3.63, 3.8) is 0 Å². The molecule has 10 heteroatoms. The fourth-order valence-electron chi connectivity index (χ4n) is 2.72. The van der Waals surface area contributed by atoms with Crippen LogP contribution in [0.5, 0.6) is 0 Å². The Morgan fingerprint density at radius 3 is 2.60 bits per heavy atom. The van der Waals surface area contributed by atoms with Gasteiger partial charge in [0, 0.05) is 35.4 Å². The van der Waals surface area contributed by atoms with Crippen LogP contribution in [0.4, 0.5) is 5.82 Å². The van der Waals surface area contributed by atoms with E-state index in [4.69, 9.17) is 10.2 Å². The number of carboxylic acids is 2. The van der Waals surface area contributed by atoms with Crippen molar-refractivity contribution in [3.05, 3.63) is 53.2 Å². The maximum Gasteiger partial charge on any atom is 0.326 e. The van der Waals surface area contributed by atoms with Gasteiger partial charge in [-0.05, 0) is 42.7 Å². The maximum atomic E-state index is 12.2. The predicted molar refractivity (Wildman–Crippen MR) is 105 cm³/mol. The van der Waals surface area contributed by atoms with Crippen molar-refractivity contribution in [2.24, 2.45) is 4.99 Å². The minimum absolute atomic E-state index is 0.207. The average molecular weight is 410 g/mol. The minimum Gasteiger partial charge on any atom is -0.481 e. The highest BCUT2D eigenvalue weighted by Crippen LogP contribution is 2.29. The Morgan fingerprint density at radius 1 is 1.20 bits per heavy atom. The zero-order chi connectivity index (χ0) is 21.7. The fourth-order valence-corrected chi connectivity index (χ4v) is 2.72. The highest BCUT2D eigenvalue weighted by molar-refractivity contribution is 5.96. The standard InChI is InChI=1S/C20H18N4O6/c25-16(26)6-5-15(20(29)30)23-18(27)13-3-1-12(2-4-13)8-10-24-11-22-17-14(19(24)28)7-9-21-17/h1-4,7,9,11,15,19,21,28H,5-6H2,(H,23,27)(H,25,26)(H,29,30)/t15-,19?/m1/s1. The molecule has 5 N–H and O–H groups in total. The summed E-state index contributed by atoms with van der Waals surface area (Å²) in [7, 11) is 0. The molecular formula is C20H18N4O6. The van der Waals surface area contributed by atoms with E-state index in [0.717, 1.165) is 0 Å². The predicted octanol–water partition coefficient (Wildman–Crippen LogP) is 1.04. The average Bonchev–Trinajstić information content (AvgIpc) is 3.20. The summed E-state index contributed by atoms with van der Waals surface area (Å²) in [5.41, 5.74) is 1.38. The molecule has 1 aromatic heterocycles. The lowest BCUT2D eigenvalue weighted by atomic mass is 10.1. The van der Waals surface area contributed by atoms with Gasteiger partial charge in [0.1, 0.15) is 18.2 Å². The number of carbonyl (C=O) groups excluding carboxylic acids is 1. The molecule has 3 rings (SSSR count). The Kier molecular flexibility index (Phi) is 6.14. The van der Waals surface area contributed by atoms with Crippen LogP contribution in [0.3, 0.4) is 0 Å². The van der Waals surface area contributed by atoms with Gasteiger partial charge in [0.15, 0.2) is 6.23 Å². The molecule has 10 nitrogen and oxygen atoms in total. The molecule has 2 atom stereocenters. The summed E-state index contributed by atoms with van der Waals surface area (Å²) in [6.07, 6.45) is 1.52. The molecule has 0 aliphatic carbocycles. The van der Waals surface area contributed by atoms with Gasteiger partial charge < -0.3 is 25.6 Å². The van der Waals surface area contributed by atoms with Crippen molar-refractivity contribution in [1.82, 2.24) is 15.2 Å². The highest BCUT2D eigenvalue weighted by Gasteiger charge is 2.22. The molecule has 1 aromatic carbocycles. The van der Waals surface area contributed by atoms with Crippen molar-refractivity contribution < 1.29 is 29.7 Å². The van der Waals surface area contributed by atoms with Gasteiger partial charge in [0.2, 0.25) is 0 Å². The molecule has 0 radical (unpaired) electrons. The molecule has 1 aliphatic rings. The van der Waals surface area contributed by atoms with Crippen LogP contribution >= 0.6 is 0 Å². The van der Waals surface area contributed by atoms with Crippen LogP contribution in [0.1, 0.15) is 40.6 Å². The Hall–Kier alpha value is -4.10. The number of aliphatic hydroxyl groups excluding tert-OH is 1. The number of nitrogens with zero attached hydrogens (tertiary/aromatic N) is 2. The lowest BCUT2D eigenvalue weighted by Crippen LogP contribution is -2.41. The lowest BCUT2D eigenvalue weighted by molar-refractivity contribution is -0.140. The molecule has 0 fully saturated rings. The van der Waals surface area contributed by atoms with E-state index in [1.54, 1.807) is 24.4 Å². The number of hydrogen-bond acceptors (Lipinski definition) is 6. The molecule has 30 heavy (non-hydrogen) atoms. The number of rotatable bonds is 6. The van der Waals surface area contributed by atoms with Crippen molar-refractivity contribution in [1.29, 1.82) is 0 Å². The smallest absolute Gasteiger partial charge is 0.326 e. The highest BCUT2D eigenvalue weighted by atomic mass is 16.4. The Morgan fingerprint density at radius 2 is 1.93 bits per heavy atom. The molecule has 0 spiro atoms. The van der Waals surface area contributed by atoms with Gasteiger partial charge in [0.25, 0.3) is 5.91 Å². The normalized spacial score (nSPS) is 15.5. The summed E-state index contributed by atoms with van der Waals surface area (Å²) in [6, 6.07) is 9.28. The van der Waals surface area contributed by atoms with Crippen LogP contribution in [0.15, 0.2) is 41.5 Å². The lowest BCUT2D eigenvalue weighted by Gasteiger charge is -2.22. The van der Waals surface area contributed by atoms with Gasteiger partial charge in [-0.1, -0.05) is 0 Å². The quantitative estimate of drug-likeness (QED) is 0.446. The molecule has 1 unspecified atom stereocenters. The van der Waals surface area contributed by atoms with Crippen molar-refractivity contribution in [3.8, 4) is 12.0 Å². The number of amides is 1. The monoisotopic (exact) mass is 410 g/mol. The van der Waals surface area contributed by atoms with Gasteiger partial charge >= 0.3 is 11.9 Å². The van der Waals surface area contributed by atoms with E-state index >= 15 is 0 Å². The summed E-state index contributed by atoms with van der Waals surface area (Å²) < 4.78 is 0. The molecule has 0 saturated heterocycles. The third-order valence-electron chi connectivity index (χ3n) is 4.34. The van der Waals surface area contributed by atoms with E-state index in [1.165, 1.54) is 23.4 Å². The third-order valence-corrected chi connectivity index (χ3v) is 4.34. The summed E-state index contributed by atoms with van der Waals surface area (Å²) >= 11 is 0. The van der Waals surface area contributed by atoms with Gasteiger partial charge in [-0.15, -0.1) is 0 Å². The SMILES string of the molecule is O=C(O)CC[C@@H](NC(=O)c1ccc(C#CN2C=Nc3[nH]ccc3C2O)cc1)C(=O)O. The van der Waals surface area contributed by atoms with E-state index in [-0.39, 0.29) is 18.4 Å². The Balaban J connectivity index is 1.64.